The average Bonchev–Trinajstić information content (AvgIpc) is 3.20. The van der Waals surface area contributed by atoms with Gasteiger partial charge in [-0.1, -0.05) is 17.7 Å². The number of aromatic nitrogens is 1. The number of hydrogen-bond acceptors (Lipinski definition) is 3. The van der Waals surface area contributed by atoms with Gasteiger partial charge in [-0.3, -0.25) is 0 Å². The van der Waals surface area contributed by atoms with Crippen molar-refractivity contribution in [1.82, 2.24) is 8.87 Å². The number of sulfonamides is 1. The number of anilines is 1. The fourth-order valence-corrected chi connectivity index (χ4v) is 5.91. The summed E-state index contributed by atoms with van der Waals surface area (Å²) in [6, 6.07) is 15.7. The van der Waals surface area contributed by atoms with Gasteiger partial charge in [-0.25, -0.2) is 12.8 Å². The highest BCUT2D eigenvalue weighted by Gasteiger charge is 2.43. The molecule has 2 aliphatic heterocycles. The molecule has 5 nitrogen and oxygen atoms in total. The molecule has 0 atom stereocenters. The van der Waals surface area contributed by atoms with Crippen LogP contribution in [0.2, 0.25) is 0 Å². The van der Waals surface area contributed by atoms with Crippen LogP contribution in [0.15, 0.2) is 65.7 Å². The number of aryl methyl sites for hydroxylation is 1. The second kappa shape index (κ2) is 6.43. The maximum atomic E-state index is 13.8. The highest BCUT2D eigenvalue weighted by atomic mass is 32.2. The molecule has 1 spiro atoms. The predicted octanol–water partition coefficient (Wildman–Crippen LogP) is 4.03. The van der Waals surface area contributed by atoms with Crippen LogP contribution in [0.1, 0.15) is 24.1 Å². The molecule has 3 aromatic rings. The average molecular weight is 412 g/mol. The van der Waals surface area contributed by atoms with E-state index in [4.69, 9.17) is 0 Å². The van der Waals surface area contributed by atoms with Crippen LogP contribution in [0.5, 0.6) is 0 Å². The standard InChI is InChI=1S/C22H22FN3O2S/c1-16-4-7-18(8-5-16)29(27,28)25-13-10-22(11-14-25)21-3-2-12-26(21)20-9-6-17(23)15-19(20)24-22/h2-9,12,15,24H,10-11,13-14H2,1H3. The first-order valence-corrected chi connectivity index (χ1v) is 11.2. The molecule has 0 bridgehead atoms. The molecule has 1 saturated heterocycles. The molecule has 0 radical (unpaired) electrons. The zero-order valence-corrected chi connectivity index (χ0v) is 16.9. The maximum Gasteiger partial charge on any atom is 0.243 e. The lowest BCUT2D eigenvalue weighted by Gasteiger charge is -2.45. The summed E-state index contributed by atoms with van der Waals surface area (Å²) in [5.74, 6) is -0.290. The van der Waals surface area contributed by atoms with Crippen LogP contribution in [-0.2, 0) is 15.6 Å². The Morgan fingerprint density at radius 1 is 1.03 bits per heavy atom. The van der Waals surface area contributed by atoms with E-state index in [0.717, 1.165) is 22.6 Å². The van der Waals surface area contributed by atoms with Crippen molar-refractivity contribution < 1.29 is 12.8 Å². The Balaban J connectivity index is 1.45. The number of nitrogens with zero attached hydrogens (tertiary/aromatic N) is 2. The molecule has 0 saturated carbocycles. The van der Waals surface area contributed by atoms with Crippen LogP contribution in [-0.4, -0.2) is 30.4 Å². The Morgan fingerprint density at radius 3 is 2.48 bits per heavy atom. The zero-order chi connectivity index (χ0) is 20.2. The second-order valence-corrected chi connectivity index (χ2v) is 9.79. The van der Waals surface area contributed by atoms with Gasteiger partial charge in [0.1, 0.15) is 5.82 Å². The molecule has 0 aliphatic carbocycles. The molecular weight excluding hydrogens is 389 g/mol. The lowest BCUT2D eigenvalue weighted by atomic mass is 9.83. The van der Waals surface area contributed by atoms with E-state index in [1.807, 2.05) is 31.3 Å². The maximum absolute atomic E-state index is 13.8. The molecule has 1 N–H and O–H groups in total. The number of benzene rings is 2. The van der Waals surface area contributed by atoms with Crippen molar-refractivity contribution in [2.24, 2.45) is 0 Å². The van der Waals surface area contributed by atoms with Crippen LogP contribution in [0.25, 0.3) is 5.69 Å². The molecule has 7 heteroatoms. The Hall–Kier alpha value is -2.64. The minimum atomic E-state index is -3.53. The SMILES string of the molecule is Cc1ccc(S(=O)(=O)N2CCC3(CC2)Nc2cc(F)ccc2-n2cccc23)cc1. The molecule has 2 aliphatic rings. The Kier molecular flexibility index (Phi) is 4.08. The monoisotopic (exact) mass is 411 g/mol. The third kappa shape index (κ3) is 2.88. The summed E-state index contributed by atoms with van der Waals surface area (Å²) < 4.78 is 43.6. The minimum Gasteiger partial charge on any atom is -0.372 e. The molecule has 2 aromatic carbocycles. The van der Waals surface area contributed by atoms with E-state index in [2.05, 4.69) is 16.0 Å². The predicted molar refractivity (Wildman–Crippen MR) is 110 cm³/mol. The Bertz CT molecular complexity index is 1180. The van der Waals surface area contributed by atoms with Crippen LogP contribution >= 0.6 is 0 Å². The highest BCUT2D eigenvalue weighted by molar-refractivity contribution is 7.89. The number of halogens is 1. The largest absolute Gasteiger partial charge is 0.372 e. The second-order valence-electron chi connectivity index (χ2n) is 7.85. The first kappa shape index (κ1) is 18.4. The molecule has 29 heavy (non-hydrogen) atoms. The Morgan fingerprint density at radius 2 is 1.76 bits per heavy atom. The van der Waals surface area contributed by atoms with Crippen molar-refractivity contribution in [1.29, 1.82) is 0 Å². The molecule has 3 heterocycles. The fraction of sp³-hybridized carbons (Fsp3) is 0.273. The van der Waals surface area contributed by atoms with Crippen LogP contribution < -0.4 is 5.32 Å². The first-order chi connectivity index (χ1) is 13.9. The van der Waals surface area contributed by atoms with Crippen LogP contribution in [0, 0.1) is 12.7 Å². The van der Waals surface area contributed by atoms with Crippen LogP contribution in [0.3, 0.4) is 0 Å². The van der Waals surface area contributed by atoms with Crippen molar-refractivity contribution in [3.8, 4) is 5.69 Å². The van der Waals surface area contributed by atoms with Gasteiger partial charge in [0.25, 0.3) is 0 Å². The normalized spacial score (nSPS) is 18.1. The molecule has 0 amide bonds. The zero-order valence-electron chi connectivity index (χ0n) is 16.1. The van der Waals surface area contributed by atoms with E-state index in [1.165, 1.54) is 12.1 Å². The van der Waals surface area contributed by atoms with Gasteiger partial charge in [-0.15, -0.1) is 0 Å². The van der Waals surface area contributed by atoms with E-state index in [0.29, 0.717) is 30.8 Å². The third-order valence-corrected chi connectivity index (χ3v) is 7.98. The fourth-order valence-electron chi connectivity index (χ4n) is 4.47. The number of piperidine rings is 1. The van der Waals surface area contributed by atoms with E-state index >= 15 is 0 Å². The summed E-state index contributed by atoms with van der Waals surface area (Å²) in [6.07, 6.45) is 3.19. The summed E-state index contributed by atoms with van der Waals surface area (Å²) in [4.78, 5) is 0.325. The van der Waals surface area contributed by atoms with Gasteiger partial charge in [-0.05, 0) is 62.2 Å². The first-order valence-electron chi connectivity index (χ1n) is 9.72. The van der Waals surface area contributed by atoms with Crippen molar-refractivity contribution in [3.63, 3.8) is 0 Å². The molecule has 5 rings (SSSR count). The quantitative estimate of drug-likeness (QED) is 0.693. The molecule has 1 fully saturated rings. The number of fused-ring (bicyclic) bond motifs is 4. The van der Waals surface area contributed by atoms with E-state index in [1.54, 1.807) is 22.5 Å². The van der Waals surface area contributed by atoms with Crippen molar-refractivity contribution in [2.45, 2.75) is 30.2 Å². The third-order valence-electron chi connectivity index (χ3n) is 6.07. The summed E-state index contributed by atoms with van der Waals surface area (Å²) >= 11 is 0. The van der Waals surface area contributed by atoms with E-state index in [-0.39, 0.29) is 5.82 Å². The Labute approximate surface area is 169 Å². The summed E-state index contributed by atoms with van der Waals surface area (Å²) in [5, 5.41) is 3.53. The highest BCUT2D eigenvalue weighted by Crippen LogP contribution is 2.44. The van der Waals surface area contributed by atoms with E-state index in [9.17, 15) is 12.8 Å². The van der Waals surface area contributed by atoms with Gasteiger partial charge >= 0.3 is 0 Å². The number of rotatable bonds is 2. The lowest BCUT2D eigenvalue weighted by Crippen LogP contribution is -2.51. The molecule has 0 unspecified atom stereocenters. The van der Waals surface area contributed by atoms with Gasteiger partial charge in [-0.2, -0.15) is 4.31 Å². The summed E-state index contributed by atoms with van der Waals surface area (Å²) in [5.41, 5.74) is 3.35. The van der Waals surface area contributed by atoms with E-state index < -0.39 is 15.6 Å². The minimum absolute atomic E-state index is 0.290. The lowest BCUT2D eigenvalue weighted by molar-refractivity contribution is 0.247. The number of hydrogen-bond donors (Lipinski definition) is 1. The van der Waals surface area contributed by atoms with Crippen molar-refractivity contribution in [2.75, 3.05) is 18.4 Å². The smallest absolute Gasteiger partial charge is 0.243 e. The van der Waals surface area contributed by atoms with Gasteiger partial charge in [0, 0.05) is 25.0 Å². The summed E-state index contributed by atoms with van der Waals surface area (Å²) in [7, 11) is -3.53. The van der Waals surface area contributed by atoms with Crippen LogP contribution in [0.4, 0.5) is 10.1 Å². The van der Waals surface area contributed by atoms with Gasteiger partial charge < -0.3 is 9.88 Å². The van der Waals surface area contributed by atoms with Gasteiger partial charge in [0.15, 0.2) is 0 Å². The molecular formula is C22H22FN3O2S. The molecule has 1 aromatic heterocycles. The van der Waals surface area contributed by atoms with Crippen molar-refractivity contribution >= 4 is 15.7 Å². The van der Waals surface area contributed by atoms with Gasteiger partial charge in [0.05, 0.1) is 21.8 Å². The van der Waals surface area contributed by atoms with Gasteiger partial charge in [0.2, 0.25) is 10.0 Å². The van der Waals surface area contributed by atoms with Crippen molar-refractivity contribution in [3.05, 3.63) is 77.9 Å². The topological polar surface area (TPSA) is 54.3 Å². The molecule has 150 valence electrons. The summed E-state index contributed by atoms with van der Waals surface area (Å²) in [6.45, 7) is 2.74. The number of nitrogens with one attached hydrogen (secondary N) is 1.